The van der Waals surface area contributed by atoms with Crippen LogP contribution in [0.3, 0.4) is 0 Å². The average molecular weight is 218 g/mol. The van der Waals surface area contributed by atoms with E-state index in [1.165, 1.54) is 0 Å². The number of benzene rings is 1. The Bertz CT molecular complexity index is 367. The zero-order valence-corrected chi connectivity index (χ0v) is 9.90. The number of methoxy groups -OCH3 is 1. The van der Waals surface area contributed by atoms with Crippen LogP contribution in [-0.2, 0) is 4.79 Å². The first-order chi connectivity index (χ1) is 7.72. The molecule has 2 unspecified atom stereocenters. The minimum Gasteiger partial charge on any atom is -0.497 e. The number of ketones is 1. The number of Topliss-reactive ketones (excluding diaryl/α,β-unsaturated/α-hetero) is 1. The fourth-order valence-corrected chi connectivity index (χ4v) is 2.56. The minimum absolute atomic E-state index is 0.0969. The summed E-state index contributed by atoms with van der Waals surface area (Å²) in [5.74, 6) is 1.80. The Labute approximate surface area is 96.6 Å². The van der Waals surface area contributed by atoms with Gasteiger partial charge in [0.15, 0.2) is 0 Å². The van der Waals surface area contributed by atoms with Crippen molar-refractivity contribution in [1.29, 1.82) is 0 Å². The predicted molar refractivity (Wildman–Crippen MR) is 63.8 cm³/mol. The first-order valence-electron chi connectivity index (χ1n) is 5.89. The van der Waals surface area contributed by atoms with Crippen LogP contribution in [-0.4, -0.2) is 12.9 Å². The smallest absolute Gasteiger partial charge is 0.140 e. The van der Waals surface area contributed by atoms with Gasteiger partial charge in [-0.25, -0.2) is 0 Å². The third-order valence-corrected chi connectivity index (χ3v) is 3.47. The quantitative estimate of drug-likeness (QED) is 0.762. The Kier molecular flexibility index (Phi) is 3.28. The molecule has 2 heteroatoms. The van der Waals surface area contributed by atoms with E-state index in [4.69, 9.17) is 4.74 Å². The van der Waals surface area contributed by atoms with Gasteiger partial charge in [-0.2, -0.15) is 0 Å². The lowest BCUT2D eigenvalue weighted by molar-refractivity contribution is -0.123. The number of ether oxygens (including phenoxy) is 1. The molecule has 0 radical (unpaired) electrons. The molecule has 0 aromatic heterocycles. The summed E-state index contributed by atoms with van der Waals surface area (Å²) in [5, 5.41) is 0. The summed E-state index contributed by atoms with van der Waals surface area (Å²) in [6.45, 7) is 2.17. The molecule has 2 nitrogen and oxygen atoms in total. The van der Waals surface area contributed by atoms with Crippen LogP contribution in [0.1, 0.15) is 37.7 Å². The van der Waals surface area contributed by atoms with Crippen molar-refractivity contribution in [3.05, 3.63) is 29.8 Å². The summed E-state index contributed by atoms with van der Waals surface area (Å²) < 4.78 is 5.13. The normalized spacial score (nSPS) is 25.5. The molecule has 1 fully saturated rings. The molecule has 1 aromatic rings. The molecular formula is C14H18O2. The SMILES string of the molecule is COc1ccc(C2C(=O)CCCC2C)cc1. The van der Waals surface area contributed by atoms with Crippen molar-refractivity contribution in [3.63, 3.8) is 0 Å². The van der Waals surface area contributed by atoms with Crippen molar-refractivity contribution < 1.29 is 9.53 Å². The Morgan fingerprint density at radius 3 is 2.50 bits per heavy atom. The number of carbonyl (C=O) groups excluding carboxylic acids is 1. The van der Waals surface area contributed by atoms with Crippen molar-refractivity contribution in [2.24, 2.45) is 5.92 Å². The van der Waals surface area contributed by atoms with Crippen LogP contribution in [0.4, 0.5) is 0 Å². The molecule has 0 heterocycles. The summed E-state index contributed by atoms with van der Waals surface area (Å²) in [6, 6.07) is 7.90. The summed E-state index contributed by atoms with van der Waals surface area (Å²) >= 11 is 0. The van der Waals surface area contributed by atoms with Gasteiger partial charge in [0, 0.05) is 12.3 Å². The fraction of sp³-hybridized carbons (Fsp3) is 0.500. The topological polar surface area (TPSA) is 26.3 Å². The molecule has 1 aromatic carbocycles. The largest absolute Gasteiger partial charge is 0.497 e. The maximum absolute atomic E-state index is 11.9. The predicted octanol–water partition coefficient (Wildman–Crippen LogP) is 3.17. The van der Waals surface area contributed by atoms with Gasteiger partial charge in [-0.1, -0.05) is 19.1 Å². The van der Waals surface area contributed by atoms with Gasteiger partial charge in [0.25, 0.3) is 0 Å². The Hall–Kier alpha value is -1.31. The Morgan fingerprint density at radius 2 is 1.94 bits per heavy atom. The van der Waals surface area contributed by atoms with Crippen LogP contribution < -0.4 is 4.74 Å². The van der Waals surface area contributed by atoms with E-state index in [0.717, 1.165) is 30.6 Å². The van der Waals surface area contributed by atoms with Crippen molar-refractivity contribution in [2.75, 3.05) is 7.11 Å². The lowest BCUT2D eigenvalue weighted by Crippen LogP contribution is -2.24. The molecule has 1 aliphatic rings. The molecule has 0 bridgehead atoms. The molecule has 0 saturated heterocycles. The van der Waals surface area contributed by atoms with Crippen molar-refractivity contribution in [2.45, 2.75) is 32.1 Å². The zero-order valence-electron chi connectivity index (χ0n) is 9.90. The van der Waals surface area contributed by atoms with E-state index < -0.39 is 0 Å². The Balaban J connectivity index is 2.23. The highest BCUT2D eigenvalue weighted by Gasteiger charge is 2.29. The maximum Gasteiger partial charge on any atom is 0.140 e. The summed E-state index contributed by atoms with van der Waals surface area (Å²) in [4.78, 5) is 11.9. The van der Waals surface area contributed by atoms with Gasteiger partial charge in [-0.3, -0.25) is 4.79 Å². The number of rotatable bonds is 2. The Morgan fingerprint density at radius 1 is 1.25 bits per heavy atom. The molecule has 16 heavy (non-hydrogen) atoms. The lowest BCUT2D eigenvalue weighted by Gasteiger charge is -2.27. The van der Waals surface area contributed by atoms with Gasteiger partial charge in [-0.05, 0) is 36.5 Å². The monoisotopic (exact) mass is 218 g/mol. The minimum atomic E-state index is 0.0969. The zero-order chi connectivity index (χ0) is 11.5. The molecule has 0 N–H and O–H groups in total. The van der Waals surface area contributed by atoms with Crippen LogP contribution in [0.15, 0.2) is 24.3 Å². The molecule has 2 rings (SSSR count). The highest BCUT2D eigenvalue weighted by Crippen LogP contribution is 2.35. The molecule has 1 aliphatic carbocycles. The highest BCUT2D eigenvalue weighted by atomic mass is 16.5. The lowest BCUT2D eigenvalue weighted by atomic mass is 9.75. The van der Waals surface area contributed by atoms with Gasteiger partial charge < -0.3 is 4.74 Å². The summed E-state index contributed by atoms with van der Waals surface area (Å²) in [7, 11) is 1.66. The van der Waals surface area contributed by atoms with E-state index in [9.17, 15) is 4.79 Å². The van der Waals surface area contributed by atoms with E-state index in [1.54, 1.807) is 7.11 Å². The van der Waals surface area contributed by atoms with E-state index in [0.29, 0.717) is 11.7 Å². The first kappa shape index (κ1) is 11.2. The number of carbonyl (C=O) groups is 1. The second kappa shape index (κ2) is 4.69. The van der Waals surface area contributed by atoms with Crippen LogP contribution >= 0.6 is 0 Å². The third-order valence-electron chi connectivity index (χ3n) is 3.47. The second-order valence-electron chi connectivity index (χ2n) is 4.59. The standard InChI is InChI=1S/C14H18O2/c1-10-4-3-5-13(15)14(10)11-6-8-12(16-2)9-7-11/h6-10,14H,3-5H2,1-2H3. The van der Waals surface area contributed by atoms with E-state index in [2.05, 4.69) is 6.92 Å². The third kappa shape index (κ3) is 2.11. The molecule has 86 valence electrons. The first-order valence-corrected chi connectivity index (χ1v) is 5.89. The average Bonchev–Trinajstić information content (AvgIpc) is 2.30. The summed E-state index contributed by atoms with van der Waals surface area (Å²) in [5.41, 5.74) is 1.14. The van der Waals surface area contributed by atoms with Gasteiger partial charge in [0.1, 0.15) is 11.5 Å². The molecule has 0 spiro atoms. The van der Waals surface area contributed by atoms with Crippen LogP contribution in [0.25, 0.3) is 0 Å². The molecule has 0 aliphatic heterocycles. The van der Waals surface area contributed by atoms with E-state index >= 15 is 0 Å². The van der Waals surface area contributed by atoms with Crippen LogP contribution in [0, 0.1) is 5.92 Å². The molecule has 2 atom stereocenters. The van der Waals surface area contributed by atoms with Gasteiger partial charge in [0.05, 0.1) is 7.11 Å². The number of hydrogen-bond donors (Lipinski definition) is 0. The van der Waals surface area contributed by atoms with Crippen LogP contribution in [0.5, 0.6) is 5.75 Å². The van der Waals surface area contributed by atoms with Crippen molar-refractivity contribution >= 4 is 5.78 Å². The van der Waals surface area contributed by atoms with Crippen molar-refractivity contribution in [3.8, 4) is 5.75 Å². The van der Waals surface area contributed by atoms with E-state index in [-0.39, 0.29) is 5.92 Å². The number of hydrogen-bond acceptors (Lipinski definition) is 2. The molecular weight excluding hydrogens is 200 g/mol. The van der Waals surface area contributed by atoms with Gasteiger partial charge >= 0.3 is 0 Å². The molecule has 0 amide bonds. The van der Waals surface area contributed by atoms with Gasteiger partial charge in [-0.15, -0.1) is 0 Å². The van der Waals surface area contributed by atoms with Crippen LogP contribution in [0.2, 0.25) is 0 Å². The second-order valence-corrected chi connectivity index (χ2v) is 4.59. The van der Waals surface area contributed by atoms with Crippen molar-refractivity contribution in [1.82, 2.24) is 0 Å². The summed E-state index contributed by atoms with van der Waals surface area (Å²) in [6.07, 6.45) is 2.94. The highest BCUT2D eigenvalue weighted by molar-refractivity contribution is 5.86. The van der Waals surface area contributed by atoms with E-state index in [1.807, 2.05) is 24.3 Å². The fourth-order valence-electron chi connectivity index (χ4n) is 2.56. The maximum atomic E-state index is 11.9. The van der Waals surface area contributed by atoms with Gasteiger partial charge in [0.2, 0.25) is 0 Å². The molecule has 1 saturated carbocycles.